The predicted octanol–water partition coefficient (Wildman–Crippen LogP) is 2.33. The van der Waals surface area contributed by atoms with E-state index in [-0.39, 0.29) is 7.55 Å². The molecule has 0 nitrogen and oxygen atoms in total. The molecular formula is C6H14P+. The van der Waals surface area contributed by atoms with E-state index in [2.05, 4.69) is 20.1 Å². The van der Waals surface area contributed by atoms with Gasteiger partial charge in [0.2, 0.25) is 0 Å². The highest BCUT2D eigenvalue weighted by Gasteiger charge is 1.96. The van der Waals surface area contributed by atoms with Crippen LogP contribution in [0.15, 0.2) is 0 Å². The summed E-state index contributed by atoms with van der Waals surface area (Å²) >= 11 is 0. The lowest BCUT2D eigenvalue weighted by atomic mass is 10.6. The molecule has 0 aliphatic rings. The highest BCUT2D eigenvalue weighted by Crippen LogP contribution is 2.18. The molecule has 0 aromatic carbocycles. The molecule has 0 spiro atoms. The van der Waals surface area contributed by atoms with Crippen LogP contribution in [0.1, 0.15) is 20.3 Å². The van der Waals surface area contributed by atoms with E-state index < -0.39 is 0 Å². The highest BCUT2D eigenvalue weighted by atomic mass is 31.1. The Morgan fingerprint density at radius 2 is 2.00 bits per heavy atom. The van der Waals surface area contributed by atoms with Crippen LogP contribution in [0.5, 0.6) is 0 Å². The molecule has 1 unspecified atom stereocenters. The van der Waals surface area contributed by atoms with Crippen LogP contribution in [0.25, 0.3) is 0 Å². The van der Waals surface area contributed by atoms with Crippen LogP contribution < -0.4 is 0 Å². The molecule has 7 heavy (non-hydrogen) atoms. The molecule has 0 saturated carbocycles. The van der Waals surface area contributed by atoms with Crippen molar-refractivity contribution in [3.63, 3.8) is 0 Å². The molecule has 0 aromatic heterocycles. The molecule has 0 amide bonds. The van der Waals surface area contributed by atoms with Crippen molar-refractivity contribution in [2.75, 3.05) is 12.3 Å². The van der Waals surface area contributed by atoms with Gasteiger partial charge in [-0.2, -0.15) is 0 Å². The maximum absolute atomic E-state index is 4.01. The first-order chi connectivity index (χ1) is 3.31. The molecule has 0 aliphatic carbocycles. The Morgan fingerprint density at radius 1 is 1.43 bits per heavy atom. The summed E-state index contributed by atoms with van der Waals surface area (Å²) in [6.45, 7) is 4.44. The maximum Gasteiger partial charge on any atom is 0.105 e. The molecule has 1 atom stereocenters. The van der Waals surface area contributed by atoms with E-state index in [1.807, 2.05) is 0 Å². The lowest BCUT2D eigenvalue weighted by Crippen LogP contribution is -1.74. The predicted molar refractivity (Wildman–Crippen MR) is 39.7 cm³/mol. The van der Waals surface area contributed by atoms with Crippen LogP contribution in [0, 0.1) is 0 Å². The van der Waals surface area contributed by atoms with Crippen LogP contribution in [0.2, 0.25) is 0 Å². The minimum Gasteiger partial charge on any atom is -0.0615 e. The Morgan fingerprint density at radius 3 is 2.14 bits per heavy atom. The average Bonchev–Trinajstić information content (AvgIpc) is 1.68. The Bertz CT molecular complexity index is 57.2. The van der Waals surface area contributed by atoms with Crippen molar-refractivity contribution >= 4 is 13.8 Å². The first-order valence-corrected chi connectivity index (χ1v) is 4.76. The third-order valence-electron chi connectivity index (χ3n) is 0.987. The molecule has 0 bridgehead atoms. The van der Waals surface area contributed by atoms with Crippen LogP contribution in [-0.2, 0) is 0 Å². The summed E-state index contributed by atoms with van der Waals surface area (Å²) in [5, 5.41) is 0. The molecule has 0 heterocycles. The van der Waals surface area contributed by atoms with Crippen LogP contribution in [-0.4, -0.2) is 18.6 Å². The zero-order valence-corrected chi connectivity index (χ0v) is 6.17. The highest BCUT2D eigenvalue weighted by molar-refractivity contribution is 7.55. The van der Waals surface area contributed by atoms with E-state index in [1.54, 1.807) is 0 Å². The average molecular weight is 117 g/mol. The third-order valence-corrected chi connectivity index (χ3v) is 2.96. The van der Waals surface area contributed by atoms with Gasteiger partial charge in [0.1, 0.15) is 12.3 Å². The zero-order chi connectivity index (χ0) is 5.70. The van der Waals surface area contributed by atoms with Gasteiger partial charge in [-0.05, 0) is 13.3 Å². The smallest absolute Gasteiger partial charge is 0.0615 e. The van der Waals surface area contributed by atoms with Gasteiger partial charge >= 0.3 is 0 Å². The van der Waals surface area contributed by atoms with Gasteiger partial charge in [-0.15, -0.1) is 0 Å². The molecule has 1 heteroatoms. The van der Waals surface area contributed by atoms with Gasteiger partial charge in [-0.3, -0.25) is 0 Å². The summed E-state index contributed by atoms with van der Waals surface area (Å²) in [5.41, 5.74) is 0. The molecule has 0 aliphatic heterocycles. The van der Waals surface area contributed by atoms with Crippen molar-refractivity contribution in [3.05, 3.63) is 0 Å². The Kier molecular flexibility index (Phi) is 4.44. The van der Waals surface area contributed by atoms with E-state index >= 15 is 0 Å². The Hall–Kier alpha value is 0.170. The molecule has 0 radical (unpaired) electrons. The van der Waals surface area contributed by atoms with E-state index in [9.17, 15) is 0 Å². The summed E-state index contributed by atoms with van der Waals surface area (Å²) in [7, 11) is 0.172. The molecule has 0 aromatic rings. The first-order valence-electron chi connectivity index (χ1n) is 2.86. The fourth-order valence-electron chi connectivity index (χ4n) is 0.474. The zero-order valence-electron chi connectivity index (χ0n) is 5.28. The van der Waals surface area contributed by atoms with Crippen LogP contribution in [0.3, 0.4) is 0 Å². The monoisotopic (exact) mass is 117 g/mol. The maximum atomic E-state index is 4.01. The molecule has 0 fully saturated rings. The quantitative estimate of drug-likeness (QED) is 0.498. The largest absolute Gasteiger partial charge is 0.105 e. The van der Waals surface area contributed by atoms with E-state index in [4.69, 9.17) is 0 Å². The number of hydrogen-bond donors (Lipinski definition) is 0. The molecule has 42 valence electrons. The number of rotatable bonds is 3. The van der Waals surface area contributed by atoms with Gasteiger partial charge in [0.25, 0.3) is 0 Å². The second kappa shape index (κ2) is 4.33. The lowest BCUT2D eigenvalue weighted by Gasteiger charge is -1.81. The van der Waals surface area contributed by atoms with Crippen molar-refractivity contribution in [2.45, 2.75) is 20.3 Å². The van der Waals surface area contributed by atoms with Crippen molar-refractivity contribution in [3.8, 4) is 0 Å². The number of hydrogen-bond acceptors (Lipinski definition) is 0. The minimum atomic E-state index is 0.172. The Balaban J connectivity index is 3.00. The van der Waals surface area contributed by atoms with Gasteiger partial charge in [0.15, 0.2) is 0 Å². The van der Waals surface area contributed by atoms with Crippen molar-refractivity contribution in [1.82, 2.24) is 0 Å². The summed E-state index contributed by atoms with van der Waals surface area (Å²) in [6, 6.07) is 0. The lowest BCUT2D eigenvalue weighted by molar-refractivity contribution is 1.10. The van der Waals surface area contributed by atoms with Gasteiger partial charge in [-0.25, -0.2) is 0 Å². The van der Waals surface area contributed by atoms with E-state index in [0.717, 1.165) is 0 Å². The normalized spacial score (nSPS) is 11.4. The molecule has 0 N–H and O–H groups in total. The molecule has 0 saturated heterocycles. The van der Waals surface area contributed by atoms with Crippen LogP contribution in [0.4, 0.5) is 0 Å². The molecular weight excluding hydrogens is 103 g/mol. The summed E-state index contributed by atoms with van der Waals surface area (Å²) < 4.78 is 0. The molecule has 0 rings (SSSR count). The second-order valence-electron chi connectivity index (χ2n) is 1.71. The SMILES string of the molecule is C=[P+](CC)CCC. The fourth-order valence-corrected chi connectivity index (χ4v) is 1.42. The fraction of sp³-hybridized carbons (Fsp3) is 0.833. The van der Waals surface area contributed by atoms with E-state index in [0.29, 0.717) is 0 Å². The Labute approximate surface area is 47.3 Å². The van der Waals surface area contributed by atoms with Gasteiger partial charge < -0.3 is 0 Å². The van der Waals surface area contributed by atoms with Crippen LogP contribution >= 0.6 is 7.55 Å². The minimum absolute atomic E-state index is 0.172. The van der Waals surface area contributed by atoms with Crippen molar-refractivity contribution < 1.29 is 0 Å². The first kappa shape index (κ1) is 7.17. The summed E-state index contributed by atoms with van der Waals surface area (Å²) in [6.07, 6.45) is 7.97. The van der Waals surface area contributed by atoms with Gasteiger partial charge in [0, 0.05) is 0 Å². The van der Waals surface area contributed by atoms with Gasteiger partial charge in [0.05, 0.1) is 13.8 Å². The van der Waals surface area contributed by atoms with Gasteiger partial charge in [-0.1, -0.05) is 6.92 Å². The summed E-state index contributed by atoms with van der Waals surface area (Å²) in [5.74, 6) is 0. The van der Waals surface area contributed by atoms with Crippen molar-refractivity contribution in [2.24, 2.45) is 0 Å². The second-order valence-corrected chi connectivity index (χ2v) is 4.13. The topological polar surface area (TPSA) is 0 Å². The summed E-state index contributed by atoms with van der Waals surface area (Å²) in [4.78, 5) is 0. The van der Waals surface area contributed by atoms with E-state index in [1.165, 1.54) is 18.7 Å². The van der Waals surface area contributed by atoms with Crippen molar-refractivity contribution in [1.29, 1.82) is 0 Å². The third kappa shape index (κ3) is 4.01. The standard InChI is InChI=1S/C6H14P/c1-4-6-7(3)5-2/h3-6H2,1-2H3/q+1.